The first-order chi connectivity index (χ1) is 8.74. The van der Waals surface area contributed by atoms with Crippen LogP contribution in [0.3, 0.4) is 0 Å². The van der Waals surface area contributed by atoms with E-state index >= 15 is 0 Å². The Morgan fingerprint density at radius 1 is 1.33 bits per heavy atom. The van der Waals surface area contributed by atoms with E-state index in [4.69, 9.17) is 9.47 Å². The Morgan fingerprint density at radius 3 is 2.61 bits per heavy atom. The van der Waals surface area contributed by atoms with E-state index in [-0.39, 0.29) is 0 Å². The number of hydrogen-bond donors (Lipinski definition) is 1. The maximum Gasteiger partial charge on any atom is 0.0594 e. The maximum absolute atomic E-state index is 5.38. The molecule has 1 unspecified atom stereocenters. The fraction of sp³-hybridized carbons (Fsp3) is 1.00. The molecule has 2 rings (SSSR count). The summed E-state index contributed by atoms with van der Waals surface area (Å²) in [5.74, 6) is 0. The topological polar surface area (TPSA) is 33.7 Å². The molecule has 0 aromatic carbocycles. The molecule has 0 radical (unpaired) electrons. The fourth-order valence-electron chi connectivity index (χ4n) is 2.98. The lowest BCUT2D eigenvalue weighted by Gasteiger charge is -2.42. The van der Waals surface area contributed by atoms with Crippen LogP contribution >= 0.6 is 0 Å². The van der Waals surface area contributed by atoms with Gasteiger partial charge in [0.2, 0.25) is 0 Å². The van der Waals surface area contributed by atoms with Crippen LogP contribution < -0.4 is 5.32 Å². The Morgan fingerprint density at radius 2 is 2.06 bits per heavy atom. The Hall–Kier alpha value is -0.160. The van der Waals surface area contributed by atoms with Crippen molar-refractivity contribution in [1.29, 1.82) is 0 Å². The first-order valence-corrected chi connectivity index (χ1v) is 7.26. The van der Waals surface area contributed by atoms with Crippen molar-refractivity contribution in [1.82, 2.24) is 10.2 Å². The number of nitrogens with one attached hydrogen (secondary N) is 1. The molecule has 0 aromatic rings. The van der Waals surface area contributed by atoms with Gasteiger partial charge in [-0.2, -0.15) is 0 Å². The quantitative estimate of drug-likeness (QED) is 0.740. The van der Waals surface area contributed by atoms with Crippen LogP contribution in [0.2, 0.25) is 0 Å². The Kier molecular flexibility index (Phi) is 5.42. The molecule has 2 fully saturated rings. The summed E-state index contributed by atoms with van der Waals surface area (Å²) >= 11 is 0. The predicted octanol–water partition coefficient (Wildman–Crippen LogP) is 1.11. The predicted molar refractivity (Wildman–Crippen MR) is 72.9 cm³/mol. The van der Waals surface area contributed by atoms with Crippen molar-refractivity contribution in [3.8, 4) is 0 Å². The maximum atomic E-state index is 5.38. The minimum atomic E-state index is 0.425. The van der Waals surface area contributed by atoms with Gasteiger partial charge in [-0.1, -0.05) is 6.42 Å². The van der Waals surface area contributed by atoms with E-state index in [1.165, 1.54) is 19.3 Å². The lowest BCUT2D eigenvalue weighted by atomic mass is 9.69. The SMILES string of the molecule is COCC1(CNC(C)CN2CCOCC2)CCC1. The van der Waals surface area contributed by atoms with Gasteiger partial charge in [0, 0.05) is 44.7 Å². The van der Waals surface area contributed by atoms with E-state index in [1.807, 2.05) is 7.11 Å². The fourth-order valence-corrected chi connectivity index (χ4v) is 2.98. The highest BCUT2D eigenvalue weighted by Crippen LogP contribution is 2.40. The van der Waals surface area contributed by atoms with Gasteiger partial charge < -0.3 is 14.8 Å². The van der Waals surface area contributed by atoms with Crippen molar-refractivity contribution in [3.05, 3.63) is 0 Å². The molecule has 0 bridgehead atoms. The van der Waals surface area contributed by atoms with Crippen LogP contribution in [0, 0.1) is 5.41 Å². The molecule has 1 atom stereocenters. The molecule has 1 saturated heterocycles. The normalized spacial score (nSPS) is 25.7. The lowest BCUT2D eigenvalue weighted by Crippen LogP contribution is -2.49. The highest BCUT2D eigenvalue weighted by atomic mass is 16.5. The number of ether oxygens (including phenoxy) is 2. The van der Waals surface area contributed by atoms with E-state index in [1.54, 1.807) is 0 Å². The highest BCUT2D eigenvalue weighted by Gasteiger charge is 2.36. The Balaban J connectivity index is 1.65. The standard InChI is InChI=1S/C14H28N2O2/c1-13(10-16-6-8-18-9-7-16)15-11-14(12-17-2)4-3-5-14/h13,15H,3-12H2,1-2H3. The minimum absolute atomic E-state index is 0.425. The van der Waals surface area contributed by atoms with Gasteiger partial charge >= 0.3 is 0 Å². The van der Waals surface area contributed by atoms with Crippen LogP contribution in [-0.2, 0) is 9.47 Å². The smallest absolute Gasteiger partial charge is 0.0594 e. The zero-order valence-corrected chi connectivity index (χ0v) is 11.9. The van der Waals surface area contributed by atoms with Crippen molar-refractivity contribution in [2.45, 2.75) is 32.2 Å². The van der Waals surface area contributed by atoms with Crippen LogP contribution in [0.4, 0.5) is 0 Å². The summed E-state index contributed by atoms with van der Waals surface area (Å²) in [6.45, 7) is 9.36. The van der Waals surface area contributed by atoms with Crippen LogP contribution in [0.5, 0.6) is 0 Å². The van der Waals surface area contributed by atoms with Gasteiger partial charge in [0.1, 0.15) is 0 Å². The van der Waals surface area contributed by atoms with Gasteiger partial charge in [0.15, 0.2) is 0 Å². The molecule has 2 aliphatic rings. The number of methoxy groups -OCH3 is 1. The second-order valence-corrected chi connectivity index (χ2v) is 5.98. The summed E-state index contributed by atoms with van der Waals surface area (Å²) in [5.41, 5.74) is 0.425. The molecule has 1 N–H and O–H groups in total. The van der Waals surface area contributed by atoms with Crippen molar-refractivity contribution < 1.29 is 9.47 Å². The second-order valence-electron chi connectivity index (χ2n) is 5.98. The molecule has 1 heterocycles. The first-order valence-electron chi connectivity index (χ1n) is 7.26. The average molecular weight is 256 g/mol. The van der Waals surface area contributed by atoms with Gasteiger partial charge in [0.05, 0.1) is 19.8 Å². The second kappa shape index (κ2) is 6.85. The van der Waals surface area contributed by atoms with Crippen molar-refractivity contribution in [2.75, 3.05) is 53.1 Å². The van der Waals surface area contributed by atoms with Gasteiger partial charge in [0.25, 0.3) is 0 Å². The molecule has 4 heteroatoms. The molecule has 4 nitrogen and oxygen atoms in total. The van der Waals surface area contributed by atoms with Crippen LogP contribution in [0.15, 0.2) is 0 Å². The van der Waals surface area contributed by atoms with Gasteiger partial charge in [-0.15, -0.1) is 0 Å². The van der Waals surface area contributed by atoms with Crippen LogP contribution in [0.1, 0.15) is 26.2 Å². The van der Waals surface area contributed by atoms with Crippen molar-refractivity contribution >= 4 is 0 Å². The molecular weight excluding hydrogens is 228 g/mol. The molecule has 106 valence electrons. The zero-order valence-electron chi connectivity index (χ0n) is 11.9. The minimum Gasteiger partial charge on any atom is -0.384 e. The lowest BCUT2D eigenvalue weighted by molar-refractivity contribution is 0.0114. The first kappa shape index (κ1) is 14.3. The monoisotopic (exact) mass is 256 g/mol. The molecule has 1 saturated carbocycles. The van der Waals surface area contributed by atoms with E-state index in [0.717, 1.165) is 46.0 Å². The summed E-state index contributed by atoms with van der Waals surface area (Å²) in [4.78, 5) is 2.49. The van der Waals surface area contributed by atoms with Gasteiger partial charge in [-0.3, -0.25) is 4.90 Å². The summed E-state index contributed by atoms with van der Waals surface area (Å²) in [6, 6.07) is 0.553. The largest absolute Gasteiger partial charge is 0.384 e. The Bertz CT molecular complexity index is 238. The number of nitrogens with zero attached hydrogens (tertiary/aromatic N) is 1. The third kappa shape index (κ3) is 3.92. The molecule has 0 spiro atoms. The molecule has 1 aliphatic heterocycles. The number of morpholine rings is 1. The zero-order chi connectivity index (χ0) is 12.8. The van der Waals surface area contributed by atoms with Crippen LogP contribution in [-0.4, -0.2) is 64.1 Å². The molecule has 0 aromatic heterocycles. The van der Waals surface area contributed by atoms with Crippen molar-refractivity contribution in [3.63, 3.8) is 0 Å². The number of rotatable bonds is 7. The summed E-state index contributed by atoms with van der Waals surface area (Å²) in [6.07, 6.45) is 4.00. The average Bonchev–Trinajstić information content (AvgIpc) is 2.34. The van der Waals surface area contributed by atoms with E-state index in [2.05, 4.69) is 17.1 Å². The van der Waals surface area contributed by atoms with E-state index in [0.29, 0.717) is 11.5 Å². The summed E-state index contributed by atoms with van der Waals surface area (Å²) < 4.78 is 10.7. The third-order valence-electron chi connectivity index (χ3n) is 4.33. The molecule has 18 heavy (non-hydrogen) atoms. The molecule has 0 amide bonds. The third-order valence-corrected chi connectivity index (χ3v) is 4.33. The summed E-state index contributed by atoms with van der Waals surface area (Å²) in [5, 5.41) is 3.70. The van der Waals surface area contributed by atoms with Crippen molar-refractivity contribution in [2.24, 2.45) is 5.41 Å². The molecular formula is C14H28N2O2. The van der Waals surface area contributed by atoms with Gasteiger partial charge in [-0.25, -0.2) is 0 Å². The van der Waals surface area contributed by atoms with E-state index < -0.39 is 0 Å². The highest BCUT2D eigenvalue weighted by molar-refractivity contribution is 4.90. The molecule has 1 aliphatic carbocycles. The Labute approximate surface area is 111 Å². The number of hydrogen-bond acceptors (Lipinski definition) is 4. The van der Waals surface area contributed by atoms with E-state index in [9.17, 15) is 0 Å². The van der Waals surface area contributed by atoms with Crippen LogP contribution in [0.25, 0.3) is 0 Å². The van der Waals surface area contributed by atoms with Gasteiger partial charge in [-0.05, 0) is 19.8 Å². The summed E-state index contributed by atoms with van der Waals surface area (Å²) in [7, 11) is 1.82.